The third-order valence-electron chi connectivity index (χ3n) is 2.50. The molecule has 0 radical (unpaired) electrons. The maximum Gasteiger partial charge on any atom is 0.331 e. The Morgan fingerprint density at radius 1 is 1.11 bits per heavy atom. The highest BCUT2D eigenvalue weighted by molar-refractivity contribution is 7.89. The molecule has 1 aliphatic rings. The van der Waals surface area contributed by atoms with Crippen molar-refractivity contribution in [3.8, 4) is 0 Å². The van der Waals surface area contributed by atoms with Crippen LogP contribution in [0.1, 0.15) is 5.56 Å². The zero-order valence-corrected chi connectivity index (χ0v) is 10.3. The summed E-state index contributed by atoms with van der Waals surface area (Å²) in [6, 6.07) is 4.52. The molecule has 0 aromatic heterocycles. The number of carbonyl (C=O) groups excluding carboxylic acids is 3. The second-order valence-corrected chi connectivity index (χ2v) is 5.40. The van der Waals surface area contributed by atoms with Gasteiger partial charge < -0.3 is 0 Å². The molecular weight excluding hydrogens is 274 g/mol. The van der Waals surface area contributed by atoms with Crippen molar-refractivity contribution in [2.75, 3.05) is 0 Å². The van der Waals surface area contributed by atoms with Crippen molar-refractivity contribution in [3.63, 3.8) is 0 Å². The van der Waals surface area contributed by atoms with E-state index in [0.717, 1.165) is 4.90 Å². The lowest BCUT2D eigenvalue weighted by Crippen LogP contribution is -2.30. The van der Waals surface area contributed by atoms with Gasteiger partial charge in [0.25, 0.3) is 0 Å². The average Bonchev–Trinajstić information content (AvgIpc) is 2.56. The minimum absolute atomic E-state index is 0.0791. The molecule has 4 amide bonds. The number of sulfonamides is 1. The maximum absolute atomic E-state index is 11.3. The van der Waals surface area contributed by atoms with Gasteiger partial charge in [-0.05, 0) is 17.7 Å². The number of nitrogens with two attached hydrogens (primary N) is 1. The van der Waals surface area contributed by atoms with Crippen molar-refractivity contribution < 1.29 is 22.8 Å². The topological polar surface area (TPSA) is 127 Å². The van der Waals surface area contributed by atoms with E-state index >= 15 is 0 Å². The third-order valence-corrected chi connectivity index (χ3v) is 3.43. The number of hydrogen-bond acceptors (Lipinski definition) is 5. The number of carbonyl (C=O) groups is 3. The number of benzene rings is 1. The van der Waals surface area contributed by atoms with Crippen molar-refractivity contribution in [3.05, 3.63) is 29.8 Å². The lowest BCUT2D eigenvalue weighted by Gasteiger charge is -2.11. The number of urea groups is 1. The Hall–Kier alpha value is -2.26. The van der Waals surface area contributed by atoms with Crippen LogP contribution in [0.3, 0.4) is 0 Å². The molecule has 1 heterocycles. The molecule has 0 atom stereocenters. The predicted molar refractivity (Wildman–Crippen MR) is 61.9 cm³/mol. The van der Waals surface area contributed by atoms with Crippen molar-refractivity contribution >= 4 is 27.9 Å². The summed E-state index contributed by atoms with van der Waals surface area (Å²) in [5, 5.41) is 6.79. The first-order valence-corrected chi connectivity index (χ1v) is 6.62. The maximum atomic E-state index is 11.3. The summed E-state index contributed by atoms with van der Waals surface area (Å²) in [4.78, 5) is 34.2. The molecule has 1 aromatic carbocycles. The molecule has 0 saturated carbocycles. The van der Waals surface area contributed by atoms with E-state index in [4.69, 9.17) is 5.14 Å². The van der Waals surface area contributed by atoms with E-state index in [9.17, 15) is 22.8 Å². The molecule has 0 aliphatic carbocycles. The molecule has 9 heteroatoms. The molecular formula is C10H9N3O5S. The molecule has 19 heavy (non-hydrogen) atoms. The van der Waals surface area contributed by atoms with E-state index in [2.05, 4.69) is 0 Å². The van der Waals surface area contributed by atoms with Gasteiger partial charge in [0.2, 0.25) is 10.0 Å². The van der Waals surface area contributed by atoms with Crippen LogP contribution in [0.15, 0.2) is 29.2 Å². The van der Waals surface area contributed by atoms with Crippen LogP contribution in [-0.2, 0) is 26.2 Å². The Labute approximate surface area is 108 Å². The van der Waals surface area contributed by atoms with Crippen LogP contribution < -0.4 is 10.5 Å². The predicted octanol–water partition coefficient (Wildman–Crippen LogP) is -1.09. The number of primary sulfonamides is 1. The zero-order valence-electron chi connectivity index (χ0n) is 9.49. The summed E-state index contributed by atoms with van der Waals surface area (Å²) >= 11 is 0. The minimum Gasteiger partial charge on any atom is -0.269 e. The summed E-state index contributed by atoms with van der Waals surface area (Å²) in [5.74, 6) is -1.92. The number of imide groups is 2. The molecule has 0 unspecified atom stereocenters. The molecule has 8 nitrogen and oxygen atoms in total. The quantitative estimate of drug-likeness (QED) is 0.538. The first-order valence-electron chi connectivity index (χ1n) is 5.07. The van der Waals surface area contributed by atoms with Crippen LogP contribution >= 0.6 is 0 Å². The van der Waals surface area contributed by atoms with Crippen LogP contribution in [0.2, 0.25) is 0 Å². The highest BCUT2D eigenvalue weighted by Gasteiger charge is 2.36. The summed E-state index contributed by atoms with van der Waals surface area (Å²) in [7, 11) is -3.79. The minimum atomic E-state index is -3.79. The largest absolute Gasteiger partial charge is 0.331 e. The fourth-order valence-electron chi connectivity index (χ4n) is 1.54. The second kappa shape index (κ2) is 4.44. The van der Waals surface area contributed by atoms with Gasteiger partial charge in [-0.1, -0.05) is 12.1 Å². The van der Waals surface area contributed by atoms with E-state index in [1.54, 1.807) is 0 Å². The summed E-state index contributed by atoms with van der Waals surface area (Å²) < 4.78 is 22.1. The Morgan fingerprint density at radius 3 is 2.11 bits per heavy atom. The Morgan fingerprint density at radius 2 is 1.68 bits per heavy atom. The van der Waals surface area contributed by atoms with Crippen LogP contribution in [0.5, 0.6) is 0 Å². The van der Waals surface area contributed by atoms with Gasteiger partial charge in [-0.2, -0.15) is 0 Å². The molecule has 2 rings (SSSR count). The van der Waals surface area contributed by atoms with E-state index in [0.29, 0.717) is 5.56 Å². The zero-order chi connectivity index (χ0) is 14.2. The van der Waals surface area contributed by atoms with E-state index in [1.165, 1.54) is 24.3 Å². The van der Waals surface area contributed by atoms with Gasteiger partial charge in [0.1, 0.15) is 0 Å². The summed E-state index contributed by atoms with van der Waals surface area (Å²) in [6.07, 6.45) is 0. The molecule has 1 fully saturated rings. The second-order valence-electron chi connectivity index (χ2n) is 3.84. The van der Waals surface area contributed by atoms with E-state index < -0.39 is 27.9 Å². The fourth-order valence-corrected chi connectivity index (χ4v) is 2.06. The van der Waals surface area contributed by atoms with E-state index in [-0.39, 0.29) is 11.4 Å². The number of hydrogen-bond donors (Lipinski definition) is 2. The summed E-state index contributed by atoms with van der Waals surface area (Å²) in [6.45, 7) is -0.124. The van der Waals surface area contributed by atoms with Crippen LogP contribution in [0, 0.1) is 0 Å². The van der Waals surface area contributed by atoms with Crippen LogP contribution in [0.4, 0.5) is 4.79 Å². The van der Waals surface area contributed by atoms with E-state index in [1.807, 2.05) is 5.32 Å². The van der Waals surface area contributed by atoms with Gasteiger partial charge in [-0.3, -0.25) is 19.8 Å². The number of rotatable bonds is 3. The van der Waals surface area contributed by atoms with Crippen molar-refractivity contribution in [2.45, 2.75) is 11.4 Å². The Bertz CT molecular complexity index is 665. The lowest BCUT2D eigenvalue weighted by molar-refractivity contribution is -0.140. The standard InChI is InChI=1S/C10H9N3O5S/c11-19(17,18)7-3-1-6(2-4-7)5-13-9(15)8(14)12-10(13)16/h1-4H,5H2,(H2,11,17,18)(H,12,14,16). The normalized spacial score (nSPS) is 15.8. The van der Waals surface area contributed by atoms with Crippen molar-refractivity contribution in [1.29, 1.82) is 0 Å². The van der Waals surface area contributed by atoms with Gasteiger partial charge in [0, 0.05) is 0 Å². The summed E-state index contributed by atoms with van der Waals surface area (Å²) in [5.41, 5.74) is 0.491. The molecule has 0 spiro atoms. The molecule has 1 aromatic rings. The number of nitrogens with zero attached hydrogens (tertiary/aromatic N) is 1. The SMILES string of the molecule is NS(=O)(=O)c1ccc(CN2C(=O)NC(=O)C2=O)cc1. The van der Waals surface area contributed by atoms with Crippen molar-refractivity contribution in [2.24, 2.45) is 5.14 Å². The first-order chi connectivity index (χ1) is 8.79. The van der Waals surface area contributed by atoms with Gasteiger partial charge in [0.15, 0.2) is 0 Å². The lowest BCUT2D eigenvalue weighted by atomic mass is 10.2. The Balaban J connectivity index is 2.19. The molecule has 0 bridgehead atoms. The van der Waals surface area contributed by atoms with Crippen molar-refractivity contribution in [1.82, 2.24) is 10.2 Å². The average molecular weight is 283 g/mol. The molecule has 1 saturated heterocycles. The van der Waals surface area contributed by atoms with Gasteiger partial charge in [0.05, 0.1) is 11.4 Å². The third kappa shape index (κ3) is 2.61. The number of nitrogens with one attached hydrogen (secondary N) is 1. The first kappa shape index (κ1) is 13.2. The molecule has 3 N–H and O–H groups in total. The molecule has 1 aliphatic heterocycles. The smallest absolute Gasteiger partial charge is 0.269 e. The van der Waals surface area contributed by atoms with Gasteiger partial charge in [-0.15, -0.1) is 0 Å². The monoisotopic (exact) mass is 283 g/mol. The highest BCUT2D eigenvalue weighted by atomic mass is 32.2. The number of amides is 4. The Kier molecular flexibility index (Phi) is 3.08. The fraction of sp³-hybridized carbons (Fsp3) is 0.100. The van der Waals surface area contributed by atoms with Crippen LogP contribution in [-0.4, -0.2) is 31.2 Å². The molecule has 100 valence electrons. The highest BCUT2D eigenvalue weighted by Crippen LogP contribution is 2.12. The van der Waals surface area contributed by atoms with Gasteiger partial charge in [-0.25, -0.2) is 18.4 Å². The van der Waals surface area contributed by atoms with Gasteiger partial charge >= 0.3 is 17.8 Å². The van der Waals surface area contributed by atoms with Crippen LogP contribution in [0.25, 0.3) is 0 Å².